The first-order valence-electron chi connectivity index (χ1n) is 9.28. The lowest BCUT2D eigenvalue weighted by molar-refractivity contribution is -0.198. The predicted molar refractivity (Wildman–Crippen MR) is 101 cm³/mol. The third-order valence-electron chi connectivity index (χ3n) is 4.51. The number of carbonyl (C=O) groups is 1. The Bertz CT molecular complexity index is 688. The van der Waals surface area contributed by atoms with Crippen LogP contribution in [0.25, 0.3) is 0 Å². The van der Waals surface area contributed by atoms with Gasteiger partial charge in [-0.3, -0.25) is 4.79 Å². The fourth-order valence-electron chi connectivity index (χ4n) is 3.11. The second-order valence-corrected chi connectivity index (χ2v) is 6.60. The van der Waals surface area contributed by atoms with Gasteiger partial charge in [0.25, 0.3) is 0 Å². The predicted octanol–water partition coefficient (Wildman–Crippen LogP) is 3.51. The highest BCUT2D eigenvalue weighted by molar-refractivity contribution is 5.65. The molecule has 3 atom stereocenters. The normalized spacial score (nSPS) is 22.3. The summed E-state index contributed by atoms with van der Waals surface area (Å²) in [7, 11) is 0. The Labute approximate surface area is 160 Å². The highest BCUT2D eigenvalue weighted by Crippen LogP contribution is 2.24. The summed E-state index contributed by atoms with van der Waals surface area (Å²) in [6.45, 7) is 3.08. The molecular weight excluding hydrogens is 344 g/mol. The van der Waals surface area contributed by atoms with Crippen molar-refractivity contribution in [2.45, 2.75) is 44.9 Å². The first-order valence-corrected chi connectivity index (χ1v) is 9.28. The molecule has 0 bridgehead atoms. The molecule has 0 N–H and O–H groups in total. The van der Waals surface area contributed by atoms with Crippen LogP contribution in [-0.4, -0.2) is 37.5 Å². The molecule has 0 aliphatic carbocycles. The molecule has 1 unspecified atom stereocenters. The average Bonchev–Trinajstić information content (AvgIpc) is 2.71. The molecule has 5 nitrogen and oxygen atoms in total. The molecule has 1 saturated heterocycles. The van der Waals surface area contributed by atoms with Gasteiger partial charge in [-0.25, -0.2) is 0 Å². The van der Waals surface area contributed by atoms with Crippen LogP contribution in [0.1, 0.15) is 24.5 Å². The standard InChI is InChI=1S/C22H26O5/c1-17(23)25-16-21-22(27-15-19-10-6-3-7-11-19)20(12-13-24-21)26-14-18-8-4-2-5-9-18/h2-11,20-22H,12-16H2,1H3/t20?,21-,22-/m1/s1. The fraction of sp³-hybridized carbons (Fsp3) is 0.409. The summed E-state index contributed by atoms with van der Waals surface area (Å²) in [5.74, 6) is -0.326. The molecule has 0 radical (unpaired) electrons. The lowest BCUT2D eigenvalue weighted by Gasteiger charge is -2.37. The van der Waals surface area contributed by atoms with Crippen LogP contribution < -0.4 is 0 Å². The van der Waals surface area contributed by atoms with E-state index in [2.05, 4.69) is 0 Å². The first-order chi connectivity index (χ1) is 13.2. The minimum Gasteiger partial charge on any atom is -0.463 e. The van der Waals surface area contributed by atoms with Crippen molar-refractivity contribution in [2.24, 2.45) is 0 Å². The zero-order chi connectivity index (χ0) is 18.9. The molecule has 0 aromatic heterocycles. The van der Waals surface area contributed by atoms with Crippen LogP contribution in [-0.2, 0) is 37.0 Å². The van der Waals surface area contributed by atoms with E-state index in [1.54, 1.807) is 0 Å². The van der Waals surface area contributed by atoms with E-state index in [0.717, 1.165) is 17.5 Å². The van der Waals surface area contributed by atoms with Crippen LogP contribution in [0.4, 0.5) is 0 Å². The first kappa shape index (κ1) is 19.5. The number of carbonyl (C=O) groups excluding carboxylic acids is 1. The van der Waals surface area contributed by atoms with Gasteiger partial charge in [-0.1, -0.05) is 60.7 Å². The number of rotatable bonds is 8. The molecule has 0 saturated carbocycles. The molecule has 5 heteroatoms. The van der Waals surface area contributed by atoms with Gasteiger partial charge in [-0.2, -0.15) is 0 Å². The number of ether oxygens (including phenoxy) is 4. The molecule has 144 valence electrons. The molecule has 1 aliphatic heterocycles. The van der Waals surface area contributed by atoms with Crippen LogP contribution >= 0.6 is 0 Å². The number of esters is 1. The Kier molecular flexibility index (Phi) is 7.39. The molecule has 1 fully saturated rings. The van der Waals surface area contributed by atoms with E-state index < -0.39 is 0 Å². The molecule has 1 heterocycles. The highest BCUT2D eigenvalue weighted by Gasteiger charge is 2.36. The Morgan fingerprint density at radius 2 is 1.56 bits per heavy atom. The fourth-order valence-corrected chi connectivity index (χ4v) is 3.11. The van der Waals surface area contributed by atoms with Crippen LogP contribution in [0, 0.1) is 0 Å². The van der Waals surface area contributed by atoms with Crippen molar-refractivity contribution in [3.63, 3.8) is 0 Å². The Balaban J connectivity index is 1.65. The van der Waals surface area contributed by atoms with Gasteiger partial charge >= 0.3 is 5.97 Å². The molecule has 3 rings (SSSR count). The topological polar surface area (TPSA) is 54.0 Å². The van der Waals surface area contributed by atoms with E-state index in [0.29, 0.717) is 19.8 Å². The zero-order valence-electron chi connectivity index (χ0n) is 15.6. The summed E-state index contributed by atoms with van der Waals surface area (Å²) in [4.78, 5) is 11.2. The van der Waals surface area contributed by atoms with E-state index >= 15 is 0 Å². The van der Waals surface area contributed by atoms with E-state index in [1.165, 1.54) is 6.92 Å². The van der Waals surface area contributed by atoms with Gasteiger partial charge in [-0.15, -0.1) is 0 Å². The van der Waals surface area contributed by atoms with Crippen molar-refractivity contribution in [3.8, 4) is 0 Å². The molecular formula is C22H26O5. The van der Waals surface area contributed by atoms with Gasteiger partial charge in [-0.05, 0) is 17.5 Å². The van der Waals surface area contributed by atoms with Crippen molar-refractivity contribution in [1.29, 1.82) is 0 Å². The molecule has 2 aromatic rings. The third kappa shape index (κ3) is 6.17. The minimum atomic E-state index is -0.341. The summed E-state index contributed by atoms with van der Waals surface area (Å²) in [6.07, 6.45) is -0.0274. The Morgan fingerprint density at radius 3 is 2.15 bits per heavy atom. The highest BCUT2D eigenvalue weighted by atomic mass is 16.6. The van der Waals surface area contributed by atoms with Crippen molar-refractivity contribution >= 4 is 5.97 Å². The van der Waals surface area contributed by atoms with E-state index in [4.69, 9.17) is 18.9 Å². The second-order valence-electron chi connectivity index (χ2n) is 6.60. The minimum absolute atomic E-state index is 0.122. The summed E-state index contributed by atoms with van der Waals surface area (Å²) < 4.78 is 23.3. The quantitative estimate of drug-likeness (QED) is 0.666. The number of hydrogen-bond donors (Lipinski definition) is 0. The molecule has 27 heavy (non-hydrogen) atoms. The molecule has 1 aliphatic rings. The Hall–Kier alpha value is -2.21. The van der Waals surface area contributed by atoms with E-state index in [-0.39, 0.29) is 30.9 Å². The maximum atomic E-state index is 11.2. The van der Waals surface area contributed by atoms with Gasteiger partial charge in [0, 0.05) is 13.5 Å². The van der Waals surface area contributed by atoms with Gasteiger partial charge < -0.3 is 18.9 Å². The van der Waals surface area contributed by atoms with Gasteiger partial charge in [0.15, 0.2) is 0 Å². The van der Waals surface area contributed by atoms with E-state index in [9.17, 15) is 4.79 Å². The second kappa shape index (κ2) is 10.2. The van der Waals surface area contributed by atoms with E-state index in [1.807, 2.05) is 60.7 Å². The summed E-state index contributed by atoms with van der Waals surface area (Å²) in [6, 6.07) is 20.0. The average molecular weight is 370 g/mol. The molecule has 0 amide bonds. The maximum Gasteiger partial charge on any atom is 0.302 e. The SMILES string of the molecule is CC(=O)OC[C@H]1OCCC(OCc2ccccc2)[C@H]1OCc1ccccc1. The smallest absolute Gasteiger partial charge is 0.302 e. The summed E-state index contributed by atoms with van der Waals surface area (Å²) >= 11 is 0. The molecule has 2 aromatic carbocycles. The van der Waals surface area contributed by atoms with Crippen molar-refractivity contribution in [2.75, 3.05) is 13.2 Å². The maximum absolute atomic E-state index is 11.2. The van der Waals surface area contributed by atoms with Crippen molar-refractivity contribution in [3.05, 3.63) is 71.8 Å². The van der Waals surface area contributed by atoms with Crippen LogP contribution in [0.2, 0.25) is 0 Å². The van der Waals surface area contributed by atoms with Crippen LogP contribution in [0.3, 0.4) is 0 Å². The third-order valence-corrected chi connectivity index (χ3v) is 4.51. The van der Waals surface area contributed by atoms with Crippen LogP contribution in [0.5, 0.6) is 0 Å². The monoisotopic (exact) mass is 370 g/mol. The van der Waals surface area contributed by atoms with Gasteiger partial charge in [0.05, 0.1) is 19.3 Å². The Morgan fingerprint density at radius 1 is 0.963 bits per heavy atom. The van der Waals surface area contributed by atoms with Gasteiger partial charge in [0.2, 0.25) is 0 Å². The van der Waals surface area contributed by atoms with Crippen molar-refractivity contribution in [1.82, 2.24) is 0 Å². The number of benzene rings is 2. The lowest BCUT2D eigenvalue weighted by atomic mass is 10.0. The van der Waals surface area contributed by atoms with Crippen LogP contribution in [0.15, 0.2) is 60.7 Å². The largest absolute Gasteiger partial charge is 0.463 e. The summed E-state index contributed by atoms with van der Waals surface area (Å²) in [5, 5.41) is 0. The van der Waals surface area contributed by atoms with Gasteiger partial charge in [0.1, 0.15) is 18.8 Å². The summed E-state index contributed by atoms with van der Waals surface area (Å²) in [5.41, 5.74) is 2.19. The molecule has 0 spiro atoms. The lowest BCUT2D eigenvalue weighted by Crippen LogP contribution is -2.49. The number of hydrogen-bond acceptors (Lipinski definition) is 5. The zero-order valence-corrected chi connectivity index (χ0v) is 15.6. The van der Waals surface area contributed by atoms with Crippen molar-refractivity contribution < 1.29 is 23.7 Å².